The van der Waals surface area contributed by atoms with Crippen LogP contribution in [0.3, 0.4) is 0 Å². The van der Waals surface area contributed by atoms with E-state index < -0.39 is 17.8 Å². The minimum Gasteiger partial charge on any atom is -0.507 e. The summed E-state index contributed by atoms with van der Waals surface area (Å²) in [6.45, 7) is 0. The van der Waals surface area contributed by atoms with E-state index >= 15 is 0 Å². The van der Waals surface area contributed by atoms with Gasteiger partial charge in [0.05, 0.1) is 16.0 Å². The fraction of sp³-hybridized carbons (Fsp3) is 0. The van der Waals surface area contributed by atoms with Gasteiger partial charge in [0.1, 0.15) is 17.3 Å². The van der Waals surface area contributed by atoms with Crippen LogP contribution in [0.1, 0.15) is 26.5 Å². The molecule has 1 aliphatic heterocycles. The Bertz CT molecular complexity index is 1280. The number of nitrogens with zero attached hydrogens (tertiary/aromatic N) is 1. The number of thiocarbonyl (C=S) groups is 1. The largest absolute Gasteiger partial charge is 0.507 e. The first kappa shape index (κ1) is 21.3. The van der Waals surface area contributed by atoms with Gasteiger partial charge in [-0.2, -0.15) is 5.01 Å². The van der Waals surface area contributed by atoms with Gasteiger partial charge in [-0.1, -0.05) is 36.0 Å². The summed E-state index contributed by atoms with van der Waals surface area (Å²) in [5.41, 5.74) is 3.25. The lowest BCUT2D eigenvalue weighted by Gasteiger charge is -2.15. The molecule has 0 atom stereocenters. The van der Waals surface area contributed by atoms with Crippen molar-refractivity contribution in [3.8, 4) is 17.1 Å². The van der Waals surface area contributed by atoms with Crippen molar-refractivity contribution in [2.24, 2.45) is 0 Å². The fourth-order valence-corrected chi connectivity index (χ4v) is 4.04. The minimum atomic E-state index is -1.02. The van der Waals surface area contributed by atoms with Crippen molar-refractivity contribution in [2.45, 2.75) is 0 Å². The molecule has 0 radical (unpaired) electrons. The molecule has 1 fully saturated rings. The Morgan fingerprint density at radius 1 is 1.06 bits per heavy atom. The molecule has 8 nitrogen and oxygen atoms in total. The Labute approximate surface area is 191 Å². The van der Waals surface area contributed by atoms with Gasteiger partial charge >= 0.3 is 5.97 Å². The molecule has 3 aromatic rings. The van der Waals surface area contributed by atoms with Crippen LogP contribution in [0, 0.1) is 0 Å². The molecule has 1 saturated heterocycles. The molecule has 0 unspecified atom stereocenters. The van der Waals surface area contributed by atoms with Crippen molar-refractivity contribution >= 4 is 52.2 Å². The first-order chi connectivity index (χ1) is 15.3. The summed E-state index contributed by atoms with van der Waals surface area (Å²) in [6.07, 6.45) is 1.50. The highest BCUT2D eigenvalue weighted by atomic mass is 32.2. The second-order valence-electron chi connectivity index (χ2n) is 6.56. The normalized spacial score (nSPS) is 14.8. The molecular weight excluding hydrogens is 452 g/mol. The van der Waals surface area contributed by atoms with Crippen molar-refractivity contribution in [1.29, 1.82) is 0 Å². The maximum atomic E-state index is 12.7. The third-order valence-corrected chi connectivity index (χ3v) is 5.77. The molecule has 2 amide bonds. The average Bonchev–Trinajstić information content (AvgIpc) is 3.34. The molecule has 4 rings (SSSR count). The summed E-state index contributed by atoms with van der Waals surface area (Å²) in [6, 6.07) is 15.5. The van der Waals surface area contributed by atoms with Crippen molar-refractivity contribution in [3.63, 3.8) is 0 Å². The summed E-state index contributed by atoms with van der Waals surface area (Å²) < 4.78 is 5.87. The summed E-state index contributed by atoms with van der Waals surface area (Å²) >= 11 is 6.19. The molecule has 10 heteroatoms. The van der Waals surface area contributed by atoms with Gasteiger partial charge in [-0.25, -0.2) is 4.79 Å². The van der Waals surface area contributed by atoms with Crippen LogP contribution < -0.4 is 5.43 Å². The SMILES string of the molecule is O=C(O)c1ccc(-c2ccc(/C=C3/SC(=S)N(NC(=O)c4ccccc4O)C3=O)o2)cc1. The van der Waals surface area contributed by atoms with Crippen LogP contribution in [-0.2, 0) is 4.79 Å². The number of carboxylic acid groups (broad SMARTS) is 1. The van der Waals surface area contributed by atoms with E-state index in [9.17, 15) is 19.5 Å². The lowest BCUT2D eigenvalue weighted by Crippen LogP contribution is -2.44. The number of phenols is 1. The number of hydrogen-bond donors (Lipinski definition) is 3. The smallest absolute Gasteiger partial charge is 0.335 e. The van der Waals surface area contributed by atoms with Crippen LogP contribution in [0.15, 0.2) is 70.0 Å². The van der Waals surface area contributed by atoms with Gasteiger partial charge in [0.25, 0.3) is 11.8 Å². The van der Waals surface area contributed by atoms with Crippen LogP contribution in [0.4, 0.5) is 0 Å². The van der Waals surface area contributed by atoms with Gasteiger partial charge < -0.3 is 14.6 Å². The number of carboxylic acids is 1. The standard InChI is InChI=1S/C22H14N2O6S2/c25-16-4-2-1-3-15(16)19(26)23-24-20(27)18(32-22(24)31)11-14-9-10-17(30-14)12-5-7-13(8-6-12)21(28)29/h1-11,25H,(H,23,26)(H,28,29)/b18-11+. The van der Waals surface area contributed by atoms with E-state index in [0.29, 0.717) is 17.1 Å². The summed E-state index contributed by atoms with van der Waals surface area (Å²) in [5.74, 6) is -1.57. The number of aromatic carboxylic acids is 1. The second kappa shape index (κ2) is 8.69. The molecule has 0 bridgehead atoms. The number of aromatic hydroxyl groups is 1. The minimum absolute atomic E-state index is 0.00937. The molecule has 0 spiro atoms. The van der Waals surface area contributed by atoms with Gasteiger partial charge in [-0.05, 0) is 48.6 Å². The molecule has 0 saturated carbocycles. The van der Waals surface area contributed by atoms with Crippen LogP contribution in [0.2, 0.25) is 0 Å². The zero-order valence-electron chi connectivity index (χ0n) is 16.1. The number of para-hydroxylation sites is 1. The highest BCUT2D eigenvalue weighted by Crippen LogP contribution is 2.33. The van der Waals surface area contributed by atoms with E-state index in [1.54, 1.807) is 36.4 Å². The number of hydrazine groups is 1. The number of thioether (sulfide) groups is 1. The van der Waals surface area contributed by atoms with Crippen molar-refractivity contribution in [1.82, 2.24) is 10.4 Å². The number of carbonyl (C=O) groups excluding carboxylic acids is 2. The molecule has 1 aliphatic rings. The van der Waals surface area contributed by atoms with Gasteiger partial charge in [0, 0.05) is 11.6 Å². The van der Waals surface area contributed by atoms with Crippen molar-refractivity contribution in [2.75, 3.05) is 0 Å². The number of benzene rings is 2. The Morgan fingerprint density at radius 3 is 2.47 bits per heavy atom. The Balaban J connectivity index is 1.50. The summed E-state index contributed by atoms with van der Waals surface area (Å²) in [4.78, 5) is 36.3. The van der Waals surface area contributed by atoms with Crippen molar-refractivity contribution in [3.05, 3.63) is 82.5 Å². The van der Waals surface area contributed by atoms with E-state index in [-0.39, 0.29) is 26.1 Å². The molecule has 2 heterocycles. The van der Waals surface area contributed by atoms with Gasteiger partial charge in [0.15, 0.2) is 4.32 Å². The summed E-state index contributed by atoms with van der Waals surface area (Å²) in [5, 5.41) is 19.7. The Morgan fingerprint density at radius 2 is 1.78 bits per heavy atom. The summed E-state index contributed by atoms with van der Waals surface area (Å²) in [7, 11) is 0. The molecule has 0 aliphatic carbocycles. The topological polar surface area (TPSA) is 120 Å². The zero-order chi connectivity index (χ0) is 22.8. The number of amides is 2. The van der Waals surface area contributed by atoms with Crippen LogP contribution in [0.25, 0.3) is 17.4 Å². The van der Waals surface area contributed by atoms with E-state index in [2.05, 4.69) is 5.43 Å². The fourth-order valence-electron chi connectivity index (χ4n) is 2.88. The maximum Gasteiger partial charge on any atom is 0.335 e. The number of carbonyl (C=O) groups is 3. The maximum absolute atomic E-state index is 12.7. The molecule has 160 valence electrons. The number of furan rings is 1. The molecular formula is C22H14N2O6S2. The molecule has 3 N–H and O–H groups in total. The highest BCUT2D eigenvalue weighted by Gasteiger charge is 2.34. The zero-order valence-corrected chi connectivity index (χ0v) is 17.8. The first-order valence-corrected chi connectivity index (χ1v) is 10.4. The van der Waals surface area contributed by atoms with E-state index in [0.717, 1.165) is 16.8 Å². The third kappa shape index (κ3) is 4.27. The Kier molecular flexibility index (Phi) is 5.80. The van der Waals surface area contributed by atoms with E-state index in [1.807, 2.05) is 0 Å². The second-order valence-corrected chi connectivity index (χ2v) is 8.24. The predicted molar refractivity (Wildman–Crippen MR) is 122 cm³/mol. The quantitative estimate of drug-likeness (QED) is 0.383. The lowest BCUT2D eigenvalue weighted by atomic mass is 10.1. The van der Waals surface area contributed by atoms with Crippen molar-refractivity contribution < 1.29 is 29.0 Å². The number of phenolic OH excluding ortho intramolecular Hbond substituents is 1. The van der Waals surface area contributed by atoms with E-state index in [1.165, 1.54) is 30.3 Å². The van der Waals surface area contributed by atoms with Crippen LogP contribution >= 0.6 is 24.0 Å². The van der Waals surface area contributed by atoms with Gasteiger partial charge in [-0.3, -0.25) is 15.0 Å². The molecule has 1 aromatic heterocycles. The lowest BCUT2D eigenvalue weighted by molar-refractivity contribution is -0.123. The molecule has 2 aromatic carbocycles. The number of rotatable bonds is 5. The number of nitrogens with one attached hydrogen (secondary N) is 1. The first-order valence-electron chi connectivity index (χ1n) is 9.14. The highest BCUT2D eigenvalue weighted by molar-refractivity contribution is 8.26. The van der Waals surface area contributed by atoms with Crippen LogP contribution in [-0.4, -0.2) is 37.3 Å². The third-order valence-electron chi connectivity index (χ3n) is 4.47. The molecule has 32 heavy (non-hydrogen) atoms. The predicted octanol–water partition coefficient (Wildman–Crippen LogP) is 3.90. The average molecular weight is 466 g/mol. The Hall–Kier alpha value is -3.89. The van der Waals surface area contributed by atoms with E-state index in [4.69, 9.17) is 21.7 Å². The van der Waals surface area contributed by atoms with Gasteiger partial charge in [-0.15, -0.1) is 0 Å². The monoisotopic (exact) mass is 466 g/mol. The van der Waals surface area contributed by atoms with Gasteiger partial charge in [0.2, 0.25) is 0 Å². The van der Waals surface area contributed by atoms with Crippen LogP contribution in [0.5, 0.6) is 5.75 Å². The number of hydrogen-bond acceptors (Lipinski definition) is 7.